The third-order valence-corrected chi connectivity index (χ3v) is 2.48. The minimum Gasteiger partial charge on any atom is -0.321 e. The van der Waals surface area contributed by atoms with Gasteiger partial charge >= 0.3 is 0 Å². The van der Waals surface area contributed by atoms with Crippen molar-refractivity contribution in [1.82, 2.24) is 4.57 Å². The summed E-state index contributed by atoms with van der Waals surface area (Å²) in [7, 11) is 0. The van der Waals surface area contributed by atoms with Crippen LogP contribution in [-0.2, 0) is 0 Å². The quantitative estimate of drug-likeness (QED) is 0.689. The highest BCUT2D eigenvalue weighted by Crippen LogP contribution is 2.22. The van der Waals surface area contributed by atoms with Crippen molar-refractivity contribution in [3.63, 3.8) is 0 Å². The summed E-state index contributed by atoms with van der Waals surface area (Å²) in [5, 5.41) is 0. The molecule has 0 atom stereocenters. The Hall–Kier alpha value is -1.16. The van der Waals surface area contributed by atoms with Crippen LogP contribution in [0.15, 0.2) is 41.1 Å². The zero-order valence-corrected chi connectivity index (χ0v) is 8.63. The number of rotatable bonds is 1. The highest BCUT2D eigenvalue weighted by molar-refractivity contribution is 9.10. The third kappa shape index (κ3) is 1.57. The molecule has 0 N–H and O–H groups in total. The van der Waals surface area contributed by atoms with E-state index in [2.05, 4.69) is 15.9 Å². The fourth-order valence-corrected chi connectivity index (χ4v) is 1.54. The van der Waals surface area contributed by atoms with Crippen molar-refractivity contribution in [2.45, 2.75) is 0 Å². The van der Waals surface area contributed by atoms with Crippen LogP contribution in [0.25, 0.3) is 5.69 Å². The van der Waals surface area contributed by atoms with E-state index in [0.29, 0.717) is 5.69 Å². The molecule has 0 aliphatic carbocycles. The van der Waals surface area contributed by atoms with Gasteiger partial charge < -0.3 is 4.57 Å². The summed E-state index contributed by atoms with van der Waals surface area (Å²) in [6.07, 6.45) is 3.39. The summed E-state index contributed by atoms with van der Waals surface area (Å²) >= 11 is 3.01. The molecule has 0 aliphatic rings. The standard InChI is InChI=1S/C10H6BrF2N/c11-7-5-10(9(13)6-8(7)12)14-3-1-2-4-14/h1-6H. The molecule has 1 nitrogen and oxygen atoms in total. The molecule has 0 spiro atoms. The maximum Gasteiger partial charge on any atom is 0.150 e. The van der Waals surface area contributed by atoms with Crippen LogP contribution < -0.4 is 0 Å². The first-order valence-electron chi connectivity index (χ1n) is 3.96. The van der Waals surface area contributed by atoms with Gasteiger partial charge in [0.2, 0.25) is 0 Å². The smallest absolute Gasteiger partial charge is 0.150 e. The lowest BCUT2D eigenvalue weighted by Crippen LogP contribution is -1.95. The zero-order valence-electron chi connectivity index (χ0n) is 7.05. The summed E-state index contributed by atoms with van der Waals surface area (Å²) in [5.41, 5.74) is 0.322. The van der Waals surface area contributed by atoms with Crippen LogP contribution in [0.2, 0.25) is 0 Å². The molecule has 0 unspecified atom stereocenters. The molecule has 0 fully saturated rings. The van der Waals surface area contributed by atoms with Crippen LogP contribution in [0, 0.1) is 11.6 Å². The third-order valence-electron chi connectivity index (χ3n) is 1.87. The van der Waals surface area contributed by atoms with Gasteiger partial charge in [-0.15, -0.1) is 0 Å². The minimum atomic E-state index is -0.599. The summed E-state index contributed by atoms with van der Waals surface area (Å²) in [6.45, 7) is 0. The number of halogens is 3. The fraction of sp³-hybridized carbons (Fsp3) is 0. The molecule has 0 aliphatic heterocycles. The van der Waals surface area contributed by atoms with Gasteiger partial charge in [0, 0.05) is 18.5 Å². The van der Waals surface area contributed by atoms with Gasteiger partial charge in [0.15, 0.2) is 0 Å². The summed E-state index contributed by atoms with van der Waals surface area (Å²) in [4.78, 5) is 0. The zero-order chi connectivity index (χ0) is 10.1. The highest BCUT2D eigenvalue weighted by Gasteiger charge is 2.08. The van der Waals surface area contributed by atoms with Crippen LogP contribution in [0.4, 0.5) is 8.78 Å². The highest BCUT2D eigenvalue weighted by atomic mass is 79.9. The van der Waals surface area contributed by atoms with Crippen molar-refractivity contribution < 1.29 is 8.78 Å². The van der Waals surface area contributed by atoms with E-state index in [1.165, 1.54) is 6.07 Å². The first-order chi connectivity index (χ1) is 6.68. The lowest BCUT2D eigenvalue weighted by Gasteiger charge is -2.05. The Labute approximate surface area is 88.1 Å². The van der Waals surface area contributed by atoms with Crippen LogP contribution in [0.5, 0.6) is 0 Å². The Morgan fingerprint density at radius 3 is 2.29 bits per heavy atom. The fourth-order valence-electron chi connectivity index (χ4n) is 1.21. The molecule has 2 rings (SSSR count). The van der Waals surface area contributed by atoms with Crippen molar-refractivity contribution >= 4 is 15.9 Å². The molecular formula is C10H6BrF2N. The monoisotopic (exact) mass is 257 g/mol. The second-order valence-electron chi connectivity index (χ2n) is 2.81. The number of aromatic nitrogens is 1. The van der Waals surface area contributed by atoms with E-state index in [1.807, 2.05) is 0 Å². The van der Waals surface area contributed by atoms with Crippen molar-refractivity contribution in [3.8, 4) is 5.69 Å². The van der Waals surface area contributed by atoms with Gasteiger partial charge in [0.25, 0.3) is 0 Å². The lowest BCUT2D eigenvalue weighted by atomic mass is 10.3. The van der Waals surface area contributed by atoms with Crippen molar-refractivity contribution in [2.75, 3.05) is 0 Å². The summed E-state index contributed by atoms with van der Waals surface area (Å²) in [6, 6.07) is 5.82. The molecule has 72 valence electrons. The van der Waals surface area contributed by atoms with Crippen molar-refractivity contribution in [3.05, 3.63) is 52.8 Å². The Bertz CT molecular complexity index is 451. The molecule has 0 radical (unpaired) electrons. The van der Waals surface area contributed by atoms with Crippen LogP contribution in [0.1, 0.15) is 0 Å². The Kier molecular flexibility index (Phi) is 2.37. The van der Waals surface area contributed by atoms with Crippen molar-refractivity contribution in [2.24, 2.45) is 0 Å². The normalized spacial score (nSPS) is 10.5. The predicted octanol–water partition coefficient (Wildman–Crippen LogP) is 3.52. The summed E-state index contributed by atoms with van der Waals surface area (Å²) < 4.78 is 28.1. The first kappa shape index (κ1) is 9.40. The molecule has 4 heteroatoms. The van der Waals surface area contributed by atoms with E-state index in [-0.39, 0.29) is 4.47 Å². The Morgan fingerprint density at radius 2 is 1.64 bits per heavy atom. The molecule has 0 bridgehead atoms. The maximum atomic E-state index is 13.3. The second-order valence-corrected chi connectivity index (χ2v) is 3.66. The van der Waals surface area contributed by atoms with E-state index in [9.17, 15) is 8.78 Å². The van der Waals surface area contributed by atoms with Gasteiger partial charge in [0.05, 0.1) is 10.2 Å². The average molecular weight is 258 g/mol. The van der Waals surface area contributed by atoms with E-state index >= 15 is 0 Å². The number of hydrogen-bond acceptors (Lipinski definition) is 0. The van der Waals surface area contributed by atoms with E-state index < -0.39 is 11.6 Å². The van der Waals surface area contributed by atoms with Crippen LogP contribution in [0.3, 0.4) is 0 Å². The van der Waals surface area contributed by atoms with Gasteiger partial charge in [-0.3, -0.25) is 0 Å². The second kappa shape index (κ2) is 3.53. The van der Waals surface area contributed by atoms with Gasteiger partial charge in [-0.2, -0.15) is 0 Å². The molecule has 1 aromatic heterocycles. The maximum absolute atomic E-state index is 13.3. The predicted molar refractivity (Wildman–Crippen MR) is 53.4 cm³/mol. The number of nitrogens with zero attached hydrogens (tertiary/aromatic N) is 1. The molecule has 1 aromatic carbocycles. The first-order valence-corrected chi connectivity index (χ1v) is 4.75. The van der Waals surface area contributed by atoms with Gasteiger partial charge in [-0.05, 0) is 34.1 Å². The van der Waals surface area contributed by atoms with Gasteiger partial charge in [-0.25, -0.2) is 8.78 Å². The van der Waals surface area contributed by atoms with E-state index in [0.717, 1.165) is 6.07 Å². The Morgan fingerprint density at radius 1 is 1.00 bits per heavy atom. The molecule has 0 amide bonds. The molecule has 2 aromatic rings. The van der Waals surface area contributed by atoms with Crippen LogP contribution >= 0.6 is 15.9 Å². The van der Waals surface area contributed by atoms with E-state index in [1.54, 1.807) is 29.1 Å². The molecule has 0 saturated carbocycles. The van der Waals surface area contributed by atoms with Crippen LogP contribution in [-0.4, -0.2) is 4.57 Å². The minimum absolute atomic E-state index is 0.252. The van der Waals surface area contributed by atoms with Crippen molar-refractivity contribution in [1.29, 1.82) is 0 Å². The van der Waals surface area contributed by atoms with Gasteiger partial charge in [-0.1, -0.05) is 0 Å². The number of benzene rings is 1. The largest absolute Gasteiger partial charge is 0.321 e. The average Bonchev–Trinajstić information content (AvgIpc) is 2.64. The van der Waals surface area contributed by atoms with Gasteiger partial charge in [0.1, 0.15) is 11.6 Å². The molecule has 1 heterocycles. The topological polar surface area (TPSA) is 4.93 Å². The summed E-state index contributed by atoms with van der Waals surface area (Å²) in [5.74, 6) is -1.18. The lowest BCUT2D eigenvalue weighted by molar-refractivity contribution is 0.574. The SMILES string of the molecule is Fc1cc(F)c(-n2cccc2)cc1Br. The molecule has 14 heavy (non-hydrogen) atoms. The number of hydrogen-bond donors (Lipinski definition) is 0. The van der Waals surface area contributed by atoms with E-state index in [4.69, 9.17) is 0 Å². The molecular weight excluding hydrogens is 252 g/mol. The molecule has 0 saturated heterocycles. The Balaban J connectivity index is 2.60.